The van der Waals surface area contributed by atoms with Crippen molar-refractivity contribution in [2.45, 2.75) is 77.3 Å². The molecule has 0 spiro atoms. The Morgan fingerprint density at radius 1 is 0.925 bits per heavy atom. The van der Waals surface area contributed by atoms with Crippen molar-refractivity contribution in [2.24, 2.45) is 0 Å². The molecule has 0 fully saturated rings. The van der Waals surface area contributed by atoms with E-state index in [2.05, 4.69) is 13.5 Å². The number of fused-ring (bicyclic) bond motifs is 1. The van der Waals surface area contributed by atoms with Crippen LogP contribution in [-0.4, -0.2) is 25.1 Å². The number of benzene rings is 2. The van der Waals surface area contributed by atoms with Gasteiger partial charge in [0.2, 0.25) is 5.92 Å². The molecule has 2 aromatic carbocycles. The highest BCUT2D eigenvalue weighted by molar-refractivity contribution is 7.22. The van der Waals surface area contributed by atoms with Gasteiger partial charge >= 0.3 is 12.1 Å². The van der Waals surface area contributed by atoms with Gasteiger partial charge in [0.15, 0.2) is 0 Å². The van der Waals surface area contributed by atoms with Crippen molar-refractivity contribution in [2.75, 3.05) is 13.2 Å². The molecular weight excluding hydrogens is 547 g/mol. The minimum atomic E-state index is -4.47. The molecule has 0 unspecified atom stereocenters. The molecule has 9 heteroatoms. The lowest BCUT2D eigenvalue weighted by molar-refractivity contribution is -0.139. The molecule has 3 nitrogen and oxygen atoms in total. The van der Waals surface area contributed by atoms with Crippen molar-refractivity contribution in [3.8, 4) is 16.2 Å². The van der Waals surface area contributed by atoms with E-state index in [9.17, 15) is 26.7 Å². The summed E-state index contributed by atoms with van der Waals surface area (Å²) in [7, 11) is 0. The van der Waals surface area contributed by atoms with Crippen LogP contribution in [-0.2, 0) is 22.1 Å². The number of esters is 1. The van der Waals surface area contributed by atoms with Crippen molar-refractivity contribution in [3.63, 3.8) is 0 Å². The van der Waals surface area contributed by atoms with Crippen LogP contribution >= 0.6 is 11.3 Å². The van der Waals surface area contributed by atoms with E-state index in [0.29, 0.717) is 22.6 Å². The minimum Gasteiger partial charge on any atom is -0.494 e. The topological polar surface area (TPSA) is 35.5 Å². The number of halogens is 5. The van der Waals surface area contributed by atoms with Crippen molar-refractivity contribution in [1.29, 1.82) is 0 Å². The number of alkyl halides is 5. The van der Waals surface area contributed by atoms with Gasteiger partial charge in [0.05, 0.1) is 18.8 Å². The second kappa shape index (κ2) is 14.1. The average Bonchev–Trinajstić information content (AvgIpc) is 3.32. The van der Waals surface area contributed by atoms with Crippen LogP contribution < -0.4 is 4.74 Å². The Morgan fingerprint density at radius 3 is 2.33 bits per heavy atom. The second-order valence-electron chi connectivity index (χ2n) is 9.97. The zero-order valence-corrected chi connectivity index (χ0v) is 23.7. The van der Waals surface area contributed by atoms with Gasteiger partial charge in [0.1, 0.15) is 5.75 Å². The summed E-state index contributed by atoms with van der Waals surface area (Å²) in [6, 6.07) is 11.5. The first-order valence-electron chi connectivity index (χ1n) is 13.5. The van der Waals surface area contributed by atoms with Gasteiger partial charge in [-0.2, -0.15) is 13.2 Å². The number of carbonyl (C=O) groups is 1. The molecule has 0 bridgehead atoms. The lowest BCUT2D eigenvalue weighted by Crippen LogP contribution is -2.18. The normalized spacial score (nSPS) is 12.1. The average molecular weight is 583 g/mol. The molecule has 40 heavy (non-hydrogen) atoms. The summed E-state index contributed by atoms with van der Waals surface area (Å²) in [5.74, 6) is -3.03. The molecule has 1 aromatic heterocycles. The zero-order chi connectivity index (χ0) is 29.3. The van der Waals surface area contributed by atoms with Crippen LogP contribution in [0.3, 0.4) is 0 Å². The van der Waals surface area contributed by atoms with Crippen molar-refractivity contribution in [3.05, 3.63) is 65.7 Å². The van der Waals surface area contributed by atoms with E-state index in [1.54, 1.807) is 36.4 Å². The van der Waals surface area contributed by atoms with Gasteiger partial charge in [-0.15, -0.1) is 11.3 Å². The molecule has 218 valence electrons. The number of thiophene rings is 1. The summed E-state index contributed by atoms with van der Waals surface area (Å²) >= 11 is 1.24. The Labute approximate surface area is 236 Å². The van der Waals surface area contributed by atoms with E-state index in [4.69, 9.17) is 9.47 Å². The third-order valence-corrected chi connectivity index (χ3v) is 7.57. The van der Waals surface area contributed by atoms with Crippen molar-refractivity contribution < 1.29 is 36.2 Å². The van der Waals surface area contributed by atoms with E-state index >= 15 is 0 Å². The van der Waals surface area contributed by atoms with Crippen LogP contribution in [0.1, 0.15) is 69.9 Å². The minimum absolute atomic E-state index is 0.0435. The Kier molecular flexibility index (Phi) is 11.1. The summed E-state index contributed by atoms with van der Waals surface area (Å²) in [6.45, 7) is 6.96. The fourth-order valence-electron chi connectivity index (χ4n) is 4.27. The maximum Gasteiger partial charge on any atom is 0.417 e. The highest BCUT2D eigenvalue weighted by Crippen LogP contribution is 2.42. The summed E-state index contributed by atoms with van der Waals surface area (Å²) in [5.41, 5.74) is 0.406. The number of rotatable bonds is 15. The Bertz CT molecular complexity index is 1300. The number of hydrogen-bond donors (Lipinski definition) is 0. The smallest absolute Gasteiger partial charge is 0.417 e. The summed E-state index contributed by atoms with van der Waals surface area (Å²) < 4.78 is 81.3. The SMILES string of the molecule is C=C(C)C(=O)OCCCC(F)(F)CCCOc1ccc2cc(-c3ccc(CCCCC)cc3C(F)(F)F)sc2c1. The molecule has 0 aliphatic carbocycles. The Balaban J connectivity index is 1.59. The number of aryl methyl sites for hydroxylation is 1. The number of carbonyl (C=O) groups excluding carboxylic acids is 1. The van der Waals surface area contributed by atoms with E-state index in [1.165, 1.54) is 24.3 Å². The Hall–Kier alpha value is -2.94. The lowest BCUT2D eigenvalue weighted by atomic mass is 9.98. The summed E-state index contributed by atoms with van der Waals surface area (Å²) in [4.78, 5) is 11.8. The fourth-order valence-corrected chi connectivity index (χ4v) is 5.40. The van der Waals surface area contributed by atoms with Crippen LogP contribution in [0.4, 0.5) is 22.0 Å². The molecule has 0 saturated heterocycles. The molecule has 1 heterocycles. The van der Waals surface area contributed by atoms with Crippen LogP contribution in [0.5, 0.6) is 5.75 Å². The first kappa shape index (κ1) is 31.6. The van der Waals surface area contributed by atoms with Gasteiger partial charge in [-0.25, -0.2) is 13.6 Å². The predicted molar refractivity (Wildman–Crippen MR) is 150 cm³/mol. The maximum atomic E-state index is 14.1. The van der Waals surface area contributed by atoms with E-state index in [1.807, 2.05) is 0 Å². The van der Waals surface area contributed by atoms with E-state index in [0.717, 1.165) is 29.3 Å². The van der Waals surface area contributed by atoms with Gasteiger partial charge in [-0.1, -0.05) is 38.5 Å². The molecule has 3 rings (SSSR count). The first-order valence-corrected chi connectivity index (χ1v) is 14.3. The second-order valence-corrected chi connectivity index (χ2v) is 11.1. The van der Waals surface area contributed by atoms with Gasteiger partial charge in [-0.3, -0.25) is 0 Å². The van der Waals surface area contributed by atoms with Gasteiger partial charge in [0, 0.05) is 33.6 Å². The molecular formula is C31H35F5O3S. The number of hydrogen-bond acceptors (Lipinski definition) is 4. The van der Waals surface area contributed by atoms with Crippen LogP contribution in [0.25, 0.3) is 20.5 Å². The molecule has 0 aliphatic heterocycles. The zero-order valence-electron chi connectivity index (χ0n) is 22.8. The molecule has 0 atom stereocenters. The van der Waals surface area contributed by atoms with E-state index in [-0.39, 0.29) is 43.6 Å². The standard InChI is InChI=1S/C31H35F5O3S/c1-4-5-6-9-22-10-13-25(26(18-22)31(34,35)36)28-19-23-11-12-24(20-27(23)40-28)38-16-7-14-30(32,33)15-8-17-39-29(37)21(2)3/h10-13,18-20H,2,4-9,14-17H2,1,3H3. The highest BCUT2D eigenvalue weighted by Gasteiger charge is 2.34. The van der Waals surface area contributed by atoms with E-state index < -0.39 is 30.1 Å². The van der Waals surface area contributed by atoms with Crippen LogP contribution in [0.2, 0.25) is 0 Å². The molecule has 0 amide bonds. The number of ether oxygens (including phenoxy) is 2. The molecule has 0 saturated carbocycles. The first-order chi connectivity index (χ1) is 18.9. The van der Waals surface area contributed by atoms with Gasteiger partial charge < -0.3 is 9.47 Å². The van der Waals surface area contributed by atoms with Crippen LogP contribution in [0, 0.1) is 0 Å². The summed E-state index contributed by atoms with van der Waals surface area (Å²) in [5, 5.41) is 0.784. The molecule has 0 aliphatic rings. The lowest BCUT2D eigenvalue weighted by Gasteiger charge is -2.16. The molecule has 0 radical (unpaired) electrons. The van der Waals surface area contributed by atoms with Crippen molar-refractivity contribution in [1.82, 2.24) is 0 Å². The van der Waals surface area contributed by atoms with Gasteiger partial charge in [-0.05, 0) is 73.9 Å². The third kappa shape index (κ3) is 9.32. The summed E-state index contributed by atoms with van der Waals surface area (Å²) in [6.07, 6.45) is -1.65. The maximum absolute atomic E-state index is 14.1. The largest absolute Gasteiger partial charge is 0.494 e. The predicted octanol–water partition coefficient (Wildman–Crippen LogP) is 10.0. The van der Waals surface area contributed by atoms with Gasteiger partial charge in [0.25, 0.3) is 0 Å². The Morgan fingerprint density at radius 2 is 1.65 bits per heavy atom. The molecule has 3 aromatic rings. The van der Waals surface area contributed by atoms with Crippen molar-refractivity contribution >= 4 is 27.4 Å². The number of unbranched alkanes of at least 4 members (excludes halogenated alkanes) is 2. The highest BCUT2D eigenvalue weighted by atomic mass is 32.1. The van der Waals surface area contributed by atoms with Crippen LogP contribution in [0.15, 0.2) is 54.6 Å². The third-order valence-electron chi connectivity index (χ3n) is 6.44. The molecule has 0 N–H and O–H groups in total. The quantitative estimate of drug-likeness (QED) is 0.0774. The fraction of sp³-hybridized carbons (Fsp3) is 0.452. The monoisotopic (exact) mass is 582 g/mol.